The zero-order valence-corrected chi connectivity index (χ0v) is 86.8. The molecule has 3 aliphatic rings. The van der Waals surface area contributed by atoms with E-state index in [1.165, 1.54) is 195 Å². The van der Waals surface area contributed by atoms with Gasteiger partial charge in [0, 0.05) is 101 Å². The van der Waals surface area contributed by atoms with Gasteiger partial charge in [-0.15, -0.1) is 0 Å². The summed E-state index contributed by atoms with van der Waals surface area (Å²) in [7, 11) is 0. The second-order valence-corrected chi connectivity index (χ2v) is 40.3. The number of halogens is 5. The first-order valence-electron chi connectivity index (χ1n) is 46.4. The quantitative estimate of drug-likeness (QED) is 0.0134. The molecule has 144 heavy (non-hydrogen) atoms. The van der Waals surface area contributed by atoms with Crippen molar-refractivity contribution in [2.24, 2.45) is 0 Å². The van der Waals surface area contributed by atoms with Crippen molar-refractivity contribution in [3.05, 3.63) is 253 Å². The molecule has 2 amide bonds. The van der Waals surface area contributed by atoms with Crippen LogP contribution in [0.4, 0.5) is 56.1 Å². The number of amides is 2. The van der Waals surface area contributed by atoms with Crippen LogP contribution >= 0.6 is 39.5 Å². The van der Waals surface area contributed by atoms with Crippen LogP contribution < -0.4 is 43.9 Å². The molecule has 0 aliphatic carbocycles. The van der Waals surface area contributed by atoms with Crippen LogP contribution in [0.2, 0.25) is 0 Å². The summed E-state index contributed by atoms with van der Waals surface area (Å²) in [4.78, 5) is 130. The van der Waals surface area contributed by atoms with Gasteiger partial charge >= 0.3 is 12.2 Å². The minimum atomic E-state index is -1.53. The highest BCUT2D eigenvalue weighted by atomic mass is 79.9. The lowest BCUT2D eigenvalue weighted by Crippen LogP contribution is -2.39. The van der Waals surface area contributed by atoms with Crippen LogP contribution in [0.5, 0.6) is 0 Å². The maximum Gasteiger partial charge on any atom is 0.410 e. The number of aromatic nitrogens is 20. The van der Waals surface area contributed by atoms with Crippen LogP contribution in [-0.2, 0) is 97.0 Å². The van der Waals surface area contributed by atoms with Crippen LogP contribution in [0.25, 0.3) is 61.6 Å². The molecule has 0 unspecified atom stereocenters. The maximum absolute atomic E-state index is 14.5. The molecule has 18 rings (SSSR count). The van der Waals surface area contributed by atoms with Crippen molar-refractivity contribution < 1.29 is 57.1 Å². The number of aromatic amines is 1. The summed E-state index contributed by atoms with van der Waals surface area (Å²) in [6.07, 6.45) is 11.7. The van der Waals surface area contributed by atoms with Gasteiger partial charge in [-0.05, 0) is 297 Å². The Balaban J connectivity index is 0.000000152. The van der Waals surface area contributed by atoms with Crippen LogP contribution in [0.15, 0.2) is 162 Å². The zero-order valence-electron chi connectivity index (χ0n) is 83.5. The SMILES string of the molecule is CC(C)(C)OC(=O)N1CCc2ccc(N)cc2C1.CC(C)(O)c1nc(Br)ccc1F.CCn1[nH]c2nc(SC)ncc2c1=O.CCn1c(=O)c2cnc(Nc3ccc4c(c3)CN(C(=O)OC(C)(C)C)CC4)nc2n1-c1ccc(F)c(C(C)(C)O)n1.CCn1c(=O)c2cnc(Nc3ccc4c(c3)CNCC4)nc2n1-c1ccc(F)c(C(C)(C)O)n1.CCn1c(=O)c2cnc(SC)nc2n1-c1ccc(F)c(C(C)(C)O)n1. The number of hydrogen-bond donors (Lipinski definition) is 9. The number of aliphatic hydroxyl groups is 4. The smallest absolute Gasteiger partial charge is 0.410 e. The van der Waals surface area contributed by atoms with Gasteiger partial charge in [0.15, 0.2) is 50.4 Å². The largest absolute Gasteiger partial charge is 0.444 e. The molecular weight excluding hydrogens is 1970 g/mol. The second kappa shape index (κ2) is 43.9. The van der Waals surface area contributed by atoms with E-state index in [0.717, 1.165) is 54.0 Å². The summed E-state index contributed by atoms with van der Waals surface area (Å²) in [5.74, 6) is -1.02. The number of aryl methyl sites for hydroxylation is 1. The Hall–Kier alpha value is -13.7. The van der Waals surface area contributed by atoms with Crippen LogP contribution in [0.1, 0.15) is 181 Å². The molecule has 38 nitrogen and oxygen atoms in total. The van der Waals surface area contributed by atoms with E-state index in [4.69, 9.17) is 15.2 Å². The molecule has 45 heteroatoms. The van der Waals surface area contributed by atoms with Gasteiger partial charge in [-0.2, -0.15) is 9.97 Å². The van der Waals surface area contributed by atoms with Crippen LogP contribution in [0.3, 0.4) is 0 Å². The number of hydrogen-bond acceptors (Lipinski definition) is 30. The molecule has 0 atom stereocenters. The summed E-state index contributed by atoms with van der Waals surface area (Å²) in [6, 6.07) is 28.7. The number of carbonyl (C=O) groups excluding carboxylic acids is 2. The van der Waals surface area contributed by atoms with Crippen molar-refractivity contribution in [2.75, 3.05) is 48.5 Å². The van der Waals surface area contributed by atoms with Crippen molar-refractivity contribution >= 4 is 125 Å². The zero-order chi connectivity index (χ0) is 105. The molecule has 3 aromatic carbocycles. The number of nitrogens with one attached hydrogen (secondary N) is 4. The number of thioether (sulfide) groups is 2. The second-order valence-electron chi connectivity index (χ2n) is 37.9. The highest BCUT2D eigenvalue weighted by molar-refractivity contribution is 9.10. The minimum absolute atomic E-state index is 0.0527. The number of ether oxygens (including phenoxy) is 2. The summed E-state index contributed by atoms with van der Waals surface area (Å²) >= 11 is 5.91. The van der Waals surface area contributed by atoms with Gasteiger partial charge in [-0.25, -0.2) is 105 Å². The van der Waals surface area contributed by atoms with Gasteiger partial charge in [0.25, 0.3) is 22.2 Å². The molecule has 15 heterocycles. The monoisotopic (exact) mass is 2080 g/mol. The Morgan fingerprint density at radius 2 is 0.806 bits per heavy atom. The molecule has 762 valence electrons. The molecule has 0 bridgehead atoms. The number of fused-ring (bicyclic) bond motifs is 7. The standard InChI is InChI=1S/C29H34FN7O4.C24H26FN7O2.C16H18FN5O2S.C14H20N2O2.C8H9BrFNO.C8H10N4OS/c1-7-36-25(38)20-15-31-26(34-24(20)37(36)22-11-10-21(30)23(33-22)29(5,6)40)32-19-9-8-17-12-13-35(16-18(17)14-19)27(39)41-28(2,3)4;1-4-31-22(33)17-13-27-23(28-16-6-5-14-9-10-26-12-15(14)11-16)30-21(17)32(31)19-8-7-18(25)20(29-19)24(2,3)34;1-5-21-14(23)9-8-18-15(25-4)20-13(9)22(21)11-7-6-10(17)12(19-11)16(2,3)24;1-14(2,3)18-13(17)16-7-6-10-4-5-12(15)8-11(10)9-16;1-8(2,12)7-5(10)3-4-6(9)11-7;1-3-12-7(13)5-4-9-8(14-2)10-6(5)11-12/h8-11,14-15,40H,7,12-13,16H2,1-6H3,(H,31,32,34);5-8,11,13,26,34H,4,9-10,12H2,1-3H3,(H,27,28,30);6-8,24H,5H2,1-4H3;4-5,8H,6-7,9,15H2,1-3H3;3-4,12H,1-2H3;4H,3H2,1-2H3,(H,9,10,11). The molecule has 0 saturated carbocycles. The van der Waals surface area contributed by atoms with Gasteiger partial charge < -0.3 is 61.4 Å². The predicted molar refractivity (Wildman–Crippen MR) is 546 cm³/mol. The fraction of sp³-hybridized carbons (Fsp3) is 0.394. The predicted octanol–water partition coefficient (Wildman–Crippen LogP) is 14.9. The average Bonchev–Trinajstić information content (AvgIpc) is 1.61. The Labute approximate surface area is 842 Å². The van der Waals surface area contributed by atoms with E-state index < -0.39 is 56.9 Å². The summed E-state index contributed by atoms with van der Waals surface area (Å²) in [5, 5.41) is 55.8. The summed E-state index contributed by atoms with van der Waals surface area (Å²) in [5.41, 5.74) is 8.77. The first-order chi connectivity index (χ1) is 67.8. The van der Waals surface area contributed by atoms with E-state index in [2.05, 4.69) is 109 Å². The van der Waals surface area contributed by atoms with Gasteiger partial charge in [-0.1, -0.05) is 41.7 Å². The molecular formula is C99H117BrF4N26O12S2. The van der Waals surface area contributed by atoms with Crippen molar-refractivity contribution in [1.82, 2.24) is 113 Å². The highest BCUT2D eigenvalue weighted by Gasteiger charge is 2.34. The molecule has 15 aromatic rings. The lowest BCUT2D eigenvalue weighted by Gasteiger charge is -2.31. The third kappa shape index (κ3) is 25.0. The van der Waals surface area contributed by atoms with E-state index >= 15 is 0 Å². The molecule has 10 N–H and O–H groups in total. The summed E-state index contributed by atoms with van der Waals surface area (Å²) < 4.78 is 77.8. The molecule has 0 fully saturated rings. The number of nitrogens with two attached hydrogens (primary N) is 1. The first-order valence-corrected chi connectivity index (χ1v) is 49.6. The average molecular weight is 2080 g/mol. The first kappa shape index (κ1) is 108. The Bertz CT molecular complexity index is 7570. The number of H-pyrrole nitrogens is 1. The summed E-state index contributed by atoms with van der Waals surface area (Å²) in [6.45, 7) is 35.9. The van der Waals surface area contributed by atoms with Crippen LogP contribution in [-0.4, -0.2) is 183 Å². The number of carbonyl (C=O) groups is 2. The lowest BCUT2D eigenvalue weighted by molar-refractivity contribution is 0.0214. The maximum atomic E-state index is 14.5. The lowest BCUT2D eigenvalue weighted by atomic mass is 9.99. The Kier molecular flexibility index (Phi) is 32.8. The van der Waals surface area contributed by atoms with Crippen molar-refractivity contribution in [1.29, 1.82) is 0 Å². The number of nitrogens with zero attached hydrogens (tertiary/aromatic N) is 21. The van der Waals surface area contributed by atoms with Crippen molar-refractivity contribution in [2.45, 2.75) is 234 Å². The molecule has 3 aliphatic heterocycles. The van der Waals surface area contributed by atoms with Crippen molar-refractivity contribution in [3.8, 4) is 17.5 Å². The third-order valence-corrected chi connectivity index (χ3v) is 24.3. The van der Waals surface area contributed by atoms with Gasteiger partial charge in [-0.3, -0.25) is 29.0 Å². The minimum Gasteiger partial charge on any atom is -0.444 e. The Morgan fingerprint density at radius 1 is 0.438 bits per heavy atom. The van der Waals surface area contributed by atoms with Crippen molar-refractivity contribution in [3.63, 3.8) is 0 Å². The fourth-order valence-electron chi connectivity index (χ4n) is 15.9. The number of rotatable bonds is 17. The number of benzene rings is 3. The van der Waals surface area contributed by atoms with E-state index in [0.29, 0.717) is 124 Å². The normalized spacial score (nSPS) is 13.2. The van der Waals surface area contributed by atoms with Gasteiger partial charge in [0.2, 0.25) is 11.9 Å². The highest BCUT2D eigenvalue weighted by Crippen LogP contribution is 2.34. The number of pyridine rings is 4. The van der Waals surface area contributed by atoms with E-state index in [-0.39, 0.29) is 85.8 Å². The van der Waals surface area contributed by atoms with E-state index in [1.807, 2.05) is 117 Å². The molecule has 0 radical (unpaired) electrons. The topological polar surface area (TPSA) is 475 Å². The third-order valence-electron chi connectivity index (χ3n) is 22.7. The van der Waals surface area contributed by atoms with Crippen LogP contribution in [0, 0.1) is 23.3 Å². The Morgan fingerprint density at radius 3 is 1.20 bits per heavy atom. The number of anilines is 5. The van der Waals surface area contributed by atoms with Gasteiger partial charge in [0.1, 0.15) is 106 Å². The molecule has 12 aromatic heterocycles. The van der Waals surface area contributed by atoms with Gasteiger partial charge in [0.05, 0.1) is 0 Å². The molecule has 0 spiro atoms. The van der Waals surface area contributed by atoms with E-state index in [1.54, 1.807) is 22.9 Å². The van der Waals surface area contributed by atoms with E-state index in [9.17, 15) is 66.8 Å². The number of nitrogen functional groups attached to an aromatic ring is 1. The fourth-order valence-corrected chi connectivity index (χ4v) is 16.9. The molecule has 0 saturated heterocycles.